The number of carbonyl (C=O) groups excluding carboxylic acids is 1. The Balaban J connectivity index is 0.00000280. The van der Waals surface area contributed by atoms with Gasteiger partial charge in [0.1, 0.15) is 17.5 Å². The Morgan fingerprint density at radius 1 is 1.43 bits per heavy atom. The van der Waals surface area contributed by atoms with Gasteiger partial charge in [0.15, 0.2) is 5.69 Å². The SMILES string of the molecule is COC(=O)c1c(N)c(C#N)c(N2CCC[C@@H](N)C2)n1Cc1ccccc1Cl.Cl. The van der Waals surface area contributed by atoms with Gasteiger partial charge in [0.25, 0.3) is 0 Å². The van der Waals surface area contributed by atoms with Crippen LogP contribution in [0.15, 0.2) is 24.3 Å². The summed E-state index contributed by atoms with van der Waals surface area (Å²) in [5.74, 6) is -0.00548. The second kappa shape index (κ2) is 9.20. The predicted molar refractivity (Wildman–Crippen MR) is 112 cm³/mol. The number of aromatic nitrogens is 1. The summed E-state index contributed by atoms with van der Waals surface area (Å²) in [6.45, 7) is 1.60. The molecule has 9 heteroatoms. The Bertz CT molecular complexity index is 906. The molecule has 1 atom stereocenters. The number of benzene rings is 1. The molecule has 0 unspecified atom stereocenters. The molecule has 1 aliphatic heterocycles. The van der Waals surface area contributed by atoms with Gasteiger partial charge in [-0.3, -0.25) is 0 Å². The van der Waals surface area contributed by atoms with E-state index in [0.29, 0.717) is 17.4 Å². The zero-order chi connectivity index (χ0) is 19.6. The van der Waals surface area contributed by atoms with Gasteiger partial charge in [0.05, 0.1) is 19.3 Å². The number of nitrogen functional groups attached to an aromatic ring is 1. The van der Waals surface area contributed by atoms with Crippen molar-refractivity contribution in [3.8, 4) is 6.07 Å². The summed E-state index contributed by atoms with van der Waals surface area (Å²) in [6.07, 6.45) is 1.82. The van der Waals surface area contributed by atoms with Crippen molar-refractivity contribution in [3.63, 3.8) is 0 Å². The Kier molecular flexibility index (Phi) is 7.19. The number of ether oxygens (including phenoxy) is 1. The van der Waals surface area contributed by atoms with Crippen molar-refractivity contribution in [2.24, 2.45) is 5.73 Å². The Labute approximate surface area is 175 Å². The van der Waals surface area contributed by atoms with Crippen LogP contribution in [-0.2, 0) is 11.3 Å². The van der Waals surface area contributed by atoms with E-state index in [9.17, 15) is 10.1 Å². The number of esters is 1. The number of hydrogen-bond acceptors (Lipinski definition) is 6. The molecule has 0 spiro atoms. The smallest absolute Gasteiger partial charge is 0.356 e. The van der Waals surface area contributed by atoms with Gasteiger partial charge in [-0.1, -0.05) is 29.8 Å². The largest absolute Gasteiger partial charge is 0.464 e. The molecule has 28 heavy (non-hydrogen) atoms. The molecule has 4 N–H and O–H groups in total. The maximum atomic E-state index is 12.5. The molecule has 2 heterocycles. The molecule has 1 aliphatic rings. The molecule has 1 aromatic heterocycles. The first-order valence-corrected chi connectivity index (χ1v) is 9.10. The van der Waals surface area contributed by atoms with E-state index in [1.807, 2.05) is 23.1 Å². The molecule has 2 aromatic rings. The number of rotatable bonds is 4. The minimum atomic E-state index is -0.594. The Hall–Kier alpha value is -2.40. The summed E-state index contributed by atoms with van der Waals surface area (Å²) in [5, 5.41) is 10.3. The van der Waals surface area contributed by atoms with Crippen molar-refractivity contribution >= 4 is 41.5 Å². The zero-order valence-corrected chi connectivity index (χ0v) is 17.1. The number of anilines is 2. The highest BCUT2D eigenvalue weighted by molar-refractivity contribution is 6.31. The number of halogens is 2. The van der Waals surface area contributed by atoms with Crippen molar-refractivity contribution < 1.29 is 9.53 Å². The van der Waals surface area contributed by atoms with Gasteiger partial charge in [0.2, 0.25) is 0 Å². The van der Waals surface area contributed by atoms with Gasteiger partial charge < -0.3 is 25.7 Å². The van der Waals surface area contributed by atoms with E-state index in [1.165, 1.54) is 7.11 Å². The van der Waals surface area contributed by atoms with E-state index in [0.717, 1.165) is 24.9 Å². The van der Waals surface area contributed by atoms with E-state index >= 15 is 0 Å². The lowest BCUT2D eigenvalue weighted by Crippen LogP contribution is -2.44. The molecular weight excluding hydrogens is 401 g/mol. The Morgan fingerprint density at radius 3 is 2.75 bits per heavy atom. The number of carbonyl (C=O) groups is 1. The second-order valence-corrected chi connectivity index (χ2v) is 7.00. The van der Waals surface area contributed by atoms with Crippen LogP contribution in [0.3, 0.4) is 0 Å². The first-order chi connectivity index (χ1) is 13.0. The van der Waals surface area contributed by atoms with Gasteiger partial charge >= 0.3 is 5.97 Å². The van der Waals surface area contributed by atoms with Crippen molar-refractivity contribution in [1.29, 1.82) is 5.26 Å². The molecule has 7 nitrogen and oxygen atoms in total. The fraction of sp³-hybridized carbons (Fsp3) is 0.368. The summed E-state index contributed by atoms with van der Waals surface area (Å²) in [6, 6.07) is 9.50. The lowest BCUT2D eigenvalue weighted by molar-refractivity contribution is 0.0590. The standard InChI is InChI=1S/C19H22ClN5O2.ClH/c1-27-19(26)17-16(23)14(9-21)18(24-8-4-6-13(22)11-24)25(17)10-12-5-2-3-7-15(12)20;/h2-3,5,7,13H,4,6,8,10-11,22-23H2,1H3;1H/t13-;/m1./s1. The quantitative estimate of drug-likeness (QED) is 0.731. The molecule has 0 aliphatic carbocycles. The summed E-state index contributed by atoms with van der Waals surface area (Å²) in [7, 11) is 1.29. The van der Waals surface area contributed by atoms with Crippen LogP contribution in [-0.4, -0.2) is 36.8 Å². The molecular formula is C19H23Cl2N5O2. The fourth-order valence-electron chi connectivity index (χ4n) is 3.53. The molecule has 0 bridgehead atoms. The molecule has 1 saturated heterocycles. The van der Waals surface area contributed by atoms with E-state index in [1.54, 1.807) is 10.6 Å². The van der Waals surface area contributed by atoms with E-state index in [-0.39, 0.29) is 41.9 Å². The molecule has 1 aromatic carbocycles. The van der Waals surface area contributed by atoms with Crippen LogP contribution in [0.5, 0.6) is 0 Å². The highest BCUT2D eigenvalue weighted by Crippen LogP contribution is 2.35. The third kappa shape index (κ3) is 4.04. The van der Waals surface area contributed by atoms with Gasteiger partial charge in [-0.15, -0.1) is 12.4 Å². The Morgan fingerprint density at radius 2 is 2.14 bits per heavy atom. The van der Waals surface area contributed by atoms with E-state index in [2.05, 4.69) is 6.07 Å². The van der Waals surface area contributed by atoms with Gasteiger partial charge in [-0.25, -0.2) is 4.79 Å². The van der Waals surface area contributed by atoms with Crippen molar-refractivity contribution in [3.05, 3.63) is 46.1 Å². The average Bonchev–Trinajstić information content (AvgIpc) is 2.94. The number of methoxy groups -OCH3 is 1. The van der Waals surface area contributed by atoms with Gasteiger partial charge in [-0.2, -0.15) is 5.26 Å². The molecule has 0 saturated carbocycles. The summed E-state index contributed by atoms with van der Waals surface area (Å²) >= 11 is 6.32. The van der Waals surface area contributed by atoms with Crippen LogP contribution in [0.25, 0.3) is 0 Å². The van der Waals surface area contributed by atoms with Crippen LogP contribution in [0.1, 0.15) is 34.5 Å². The van der Waals surface area contributed by atoms with Gasteiger partial charge in [0, 0.05) is 24.2 Å². The van der Waals surface area contributed by atoms with Crippen LogP contribution < -0.4 is 16.4 Å². The predicted octanol–water partition coefficient (Wildman–Crippen LogP) is 2.78. The molecule has 0 radical (unpaired) electrons. The monoisotopic (exact) mass is 423 g/mol. The molecule has 150 valence electrons. The van der Waals surface area contributed by atoms with E-state index in [4.69, 9.17) is 27.8 Å². The van der Waals surface area contributed by atoms with Crippen LogP contribution >= 0.6 is 24.0 Å². The average molecular weight is 424 g/mol. The van der Waals surface area contributed by atoms with E-state index < -0.39 is 5.97 Å². The fourth-order valence-corrected chi connectivity index (χ4v) is 3.73. The van der Waals surface area contributed by atoms with Gasteiger partial charge in [-0.05, 0) is 24.5 Å². The summed E-state index contributed by atoms with van der Waals surface area (Å²) in [5.41, 5.74) is 13.7. The third-order valence-electron chi connectivity index (χ3n) is 4.81. The third-order valence-corrected chi connectivity index (χ3v) is 5.18. The lowest BCUT2D eigenvalue weighted by Gasteiger charge is -2.33. The molecule has 3 rings (SSSR count). The first kappa shape index (κ1) is 21.9. The zero-order valence-electron chi connectivity index (χ0n) is 15.5. The number of nitriles is 1. The van der Waals surface area contributed by atoms with Crippen LogP contribution in [0, 0.1) is 11.3 Å². The van der Waals surface area contributed by atoms with Crippen LogP contribution in [0.2, 0.25) is 5.02 Å². The van der Waals surface area contributed by atoms with Crippen molar-refractivity contribution in [1.82, 2.24) is 4.57 Å². The topological polar surface area (TPSA) is 110 Å². The number of nitrogens with zero attached hydrogens (tertiary/aromatic N) is 3. The molecule has 1 fully saturated rings. The maximum absolute atomic E-state index is 12.5. The number of piperidine rings is 1. The minimum absolute atomic E-state index is 0. The minimum Gasteiger partial charge on any atom is -0.464 e. The van der Waals surface area contributed by atoms with Crippen molar-refractivity contribution in [2.75, 3.05) is 30.8 Å². The normalized spacial score (nSPS) is 16.2. The van der Waals surface area contributed by atoms with Crippen molar-refractivity contribution in [2.45, 2.75) is 25.4 Å². The summed E-state index contributed by atoms with van der Waals surface area (Å²) in [4.78, 5) is 14.5. The lowest BCUT2D eigenvalue weighted by atomic mass is 10.1. The highest BCUT2D eigenvalue weighted by Gasteiger charge is 2.31. The molecule has 0 amide bonds. The maximum Gasteiger partial charge on any atom is 0.356 e. The second-order valence-electron chi connectivity index (χ2n) is 6.59. The highest BCUT2D eigenvalue weighted by atomic mass is 35.5. The number of hydrogen-bond donors (Lipinski definition) is 2. The van der Waals surface area contributed by atoms with Crippen LogP contribution in [0.4, 0.5) is 11.5 Å². The first-order valence-electron chi connectivity index (χ1n) is 8.72. The number of nitrogens with two attached hydrogens (primary N) is 2. The summed E-state index contributed by atoms with van der Waals surface area (Å²) < 4.78 is 6.64.